The molecule has 0 amide bonds. The molecule has 2 N–H and O–H groups in total. The molecule has 6 nitrogen and oxygen atoms in total. The van der Waals surface area contributed by atoms with Gasteiger partial charge in [0.2, 0.25) is 0 Å². The molecule has 0 aliphatic carbocycles. The summed E-state index contributed by atoms with van der Waals surface area (Å²) >= 11 is -5.25. The quantitative estimate of drug-likeness (QED) is 0.390. The Morgan fingerprint density at radius 1 is 1.40 bits per heavy atom. The first-order valence-corrected chi connectivity index (χ1v) is 3.79. The van der Waals surface area contributed by atoms with Crippen molar-refractivity contribution < 1.29 is 90.8 Å². The van der Waals surface area contributed by atoms with Crippen molar-refractivity contribution in [1.82, 2.24) is 0 Å². The Hall–Kier alpha value is 1.16. The average molecular weight is 216 g/mol. The Morgan fingerprint density at radius 3 is 1.40 bits per heavy atom. The predicted octanol–water partition coefficient (Wildman–Crippen LogP) is -5.59. The van der Waals surface area contributed by atoms with Crippen LogP contribution in [0.2, 0.25) is 0 Å². The van der Waals surface area contributed by atoms with Crippen LogP contribution in [0.5, 0.6) is 0 Å². The number of hydrogen-bond donors (Lipinski definition) is 2. The summed E-state index contributed by atoms with van der Waals surface area (Å²) in [4.78, 5) is 8.89. The van der Waals surface area contributed by atoms with Crippen LogP contribution in [0.25, 0.3) is 0 Å². The van der Waals surface area contributed by atoms with Crippen molar-refractivity contribution in [3.8, 4) is 0 Å². The Labute approximate surface area is 102 Å². The van der Waals surface area contributed by atoms with Crippen LogP contribution >= 0.6 is 0 Å². The van der Waals surface area contributed by atoms with Gasteiger partial charge in [-0.15, -0.1) is 0 Å². The molecule has 0 aromatic carbocycles. The molecule has 0 radical (unpaired) electrons. The van der Waals surface area contributed by atoms with Crippen LogP contribution in [0.1, 0.15) is 6.92 Å². The van der Waals surface area contributed by atoms with E-state index in [0.717, 1.165) is 6.92 Å². The third-order valence-electron chi connectivity index (χ3n) is 0. The van der Waals surface area contributed by atoms with Gasteiger partial charge in [-0.2, -0.15) is 0 Å². The SMILES string of the molecule is CC(=O)[O-].[K+].[O]=[Cr](=[O])([OH])[OH]. The Bertz CT molecular complexity index is 158. The summed E-state index contributed by atoms with van der Waals surface area (Å²) in [6.07, 6.45) is 0. The summed E-state index contributed by atoms with van der Waals surface area (Å²) < 4.78 is 31.9. The van der Waals surface area contributed by atoms with Crippen molar-refractivity contribution >= 4 is 5.97 Å². The number of carboxylic acid groups (broad SMARTS) is 1. The molecule has 0 saturated carbocycles. The third kappa shape index (κ3) is 454. The van der Waals surface area contributed by atoms with Crippen LogP contribution < -0.4 is 56.5 Å². The molecule has 0 aliphatic rings. The number of carbonyl (C=O) groups is 1. The second-order valence-electron chi connectivity index (χ2n) is 0.939. The van der Waals surface area contributed by atoms with Gasteiger partial charge in [0.05, 0.1) is 0 Å². The second kappa shape index (κ2) is 8.26. The molecule has 56 valence electrons. The average Bonchev–Trinajstić information content (AvgIpc) is 1.19. The maximum atomic E-state index is 8.89. The summed E-state index contributed by atoms with van der Waals surface area (Å²) in [5, 5.41) is 8.89. The first-order valence-electron chi connectivity index (χ1n) is 1.61. The topological polar surface area (TPSA) is 115 Å². The van der Waals surface area contributed by atoms with Gasteiger partial charge in [-0.05, 0) is 6.92 Å². The minimum absolute atomic E-state index is 0. The van der Waals surface area contributed by atoms with Crippen molar-refractivity contribution in [3.63, 3.8) is 0 Å². The fourth-order valence-electron chi connectivity index (χ4n) is 0. The Balaban J connectivity index is -0.0000000910. The monoisotopic (exact) mass is 216 g/mol. The van der Waals surface area contributed by atoms with E-state index < -0.39 is 19.6 Å². The van der Waals surface area contributed by atoms with E-state index in [-0.39, 0.29) is 51.4 Å². The summed E-state index contributed by atoms with van der Waals surface area (Å²) in [7, 11) is 0. The number of rotatable bonds is 0. The molecule has 0 fully saturated rings. The molecule has 0 heterocycles. The molecule has 0 spiro atoms. The van der Waals surface area contributed by atoms with Gasteiger partial charge in [-0.1, -0.05) is 0 Å². The molecule has 0 atom stereocenters. The van der Waals surface area contributed by atoms with Crippen LogP contribution in [0.15, 0.2) is 0 Å². The predicted molar refractivity (Wildman–Crippen MR) is 16.5 cm³/mol. The molecule has 0 rings (SSSR count). The van der Waals surface area contributed by atoms with E-state index in [4.69, 9.17) is 25.8 Å². The molecule has 0 saturated heterocycles. The summed E-state index contributed by atoms with van der Waals surface area (Å²) in [5.74, 6) is -1.08. The summed E-state index contributed by atoms with van der Waals surface area (Å²) in [6.45, 7) is 0.972. The first kappa shape index (κ1) is 17.3. The van der Waals surface area contributed by atoms with Gasteiger partial charge in [-0.3, -0.25) is 0 Å². The molecule has 0 aromatic heterocycles. The standard InChI is InChI=1S/C2H4O2.Cr.K.2H2O.2O/c1-2(3)4;;;;;;/h1H3,(H,3,4);;;2*1H2;;/q;+2;+1;;;;/p-3. The second-order valence-corrected chi connectivity index (χ2v) is 2.34. The summed E-state index contributed by atoms with van der Waals surface area (Å²) in [6, 6.07) is 0. The van der Waals surface area contributed by atoms with Crippen LogP contribution in [0.3, 0.4) is 0 Å². The van der Waals surface area contributed by atoms with E-state index in [9.17, 15) is 0 Å². The maximum absolute atomic E-state index is 8.89. The van der Waals surface area contributed by atoms with Crippen molar-refractivity contribution in [2.24, 2.45) is 0 Å². The van der Waals surface area contributed by atoms with Crippen LogP contribution in [-0.4, -0.2) is 14.3 Å². The van der Waals surface area contributed by atoms with Gasteiger partial charge in [0.25, 0.3) is 0 Å². The number of aliphatic carboxylic acids is 1. The fourth-order valence-corrected chi connectivity index (χ4v) is 0. The van der Waals surface area contributed by atoms with Gasteiger partial charge in [0, 0.05) is 5.97 Å². The van der Waals surface area contributed by atoms with Gasteiger partial charge < -0.3 is 9.90 Å². The van der Waals surface area contributed by atoms with Gasteiger partial charge >= 0.3 is 80.9 Å². The van der Waals surface area contributed by atoms with Crippen molar-refractivity contribution in [2.45, 2.75) is 6.92 Å². The molecule has 0 bridgehead atoms. The molecule has 10 heavy (non-hydrogen) atoms. The van der Waals surface area contributed by atoms with Crippen molar-refractivity contribution in [3.05, 3.63) is 0 Å². The zero-order valence-electron chi connectivity index (χ0n) is 5.44. The van der Waals surface area contributed by atoms with E-state index in [1.54, 1.807) is 0 Å². The Morgan fingerprint density at radius 2 is 1.40 bits per heavy atom. The number of carbonyl (C=O) groups excluding carboxylic acids is 1. The summed E-state index contributed by atoms with van der Waals surface area (Å²) in [5.41, 5.74) is 0. The van der Waals surface area contributed by atoms with Crippen molar-refractivity contribution in [2.75, 3.05) is 0 Å². The van der Waals surface area contributed by atoms with Gasteiger partial charge in [0.1, 0.15) is 0 Å². The van der Waals surface area contributed by atoms with Crippen LogP contribution in [0.4, 0.5) is 0 Å². The van der Waals surface area contributed by atoms with Crippen molar-refractivity contribution in [1.29, 1.82) is 0 Å². The zero-order chi connectivity index (χ0) is 8.08. The molecular weight excluding hydrogens is 211 g/mol. The Kier molecular flexibility index (Phi) is 14.3. The van der Waals surface area contributed by atoms with E-state index in [1.165, 1.54) is 0 Å². The normalized spacial score (nSPS) is 8.30. The van der Waals surface area contributed by atoms with E-state index >= 15 is 0 Å². The van der Waals surface area contributed by atoms with E-state index in [2.05, 4.69) is 0 Å². The van der Waals surface area contributed by atoms with E-state index in [1.807, 2.05) is 0 Å². The minimum atomic E-state index is -5.25. The van der Waals surface area contributed by atoms with Gasteiger partial charge in [-0.25, -0.2) is 0 Å². The van der Waals surface area contributed by atoms with Crippen LogP contribution in [-0.2, 0) is 26.0 Å². The number of hydrogen-bond acceptors (Lipinski definition) is 4. The number of carboxylic acids is 1. The van der Waals surface area contributed by atoms with Crippen LogP contribution in [0, 0.1) is 0 Å². The fraction of sp³-hybridized carbons (Fsp3) is 0.500. The molecule has 0 unspecified atom stereocenters. The first-order chi connectivity index (χ1) is 3.73. The third-order valence-corrected chi connectivity index (χ3v) is 0. The van der Waals surface area contributed by atoms with Gasteiger partial charge in [0.15, 0.2) is 0 Å². The molecule has 0 aliphatic heterocycles. The zero-order valence-corrected chi connectivity index (χ0v) is 9.83. The van der Waals surface area contributed by atoms with E-state index in [0.29, 0.717) is 0 Å². The molecular formula is C2H5CrKO6. The molecule has 0 aromatic rings. The molecule has 8 heteroatoms.